The molecular weight excluding hydrogens is 396 g/mol. The lowest BCUT2D eigenvalue weighted by Crippen LogP contribution is -2.20. The Labute approximate surface area is 177 Å². The van der Waals surface area contributed by atoms with E-state index in [-0.39, 0.29) is 5.56 Å². The van der Waals surface area contributed by atoms with Gasteiger partial charge in [0, 0.05) is 19.4 Å². The molecule has 30 heavy (non-hydrogen) atoms. The van der Waals surface area contributed by atoms with Crippen molar-refractivity contribution in [3.8, 4) is 5.69 Å². The second-order valence-electron chi connectivity index (χ2n) is 7.29. The first-order chi connectivity index (χ1) is 14.5. The predicted molar refractivity (Wildman–Crippen MR) is 118 cm³/mol. The number of aromatic nitrogens is 6. The van der Waals surface area contributed by atoms with Gasteiger partial charge in [-0.1, -0.05) is 36.0 Å². The number of hydrogen-bond acceptors (Lipinski definition) is 5. The Morgan fingerprint density at radius 3 is 2.77 bits per heavy atom. The largest absolute Gasteiger partial charge is 0.295 e. The minimum absolute atomic E-state index is 0.0739. The molecule has 5 aromatic rings. The van der Waals surface area contributed by atoms with Crippen LogP contribution < -0.4 is 5.56 Å². The molecular formula is C22H20N6OS. The van der Waals surface area contributed by atoms with Crippen LogP contribution in [-0.2, 0) is 12.8 Å². The zero-order valence-corrected chi connectivity index (χ0v) is 17.7. The molecule has 0 spiro atoms. The van der Waals surface area contributed by atoms with E-state index in [1.54, 1.807) is 23.4 Å². The summed E-state index contributed by atoms with van der Waals surface area (Å²) in [5, 5.41) is 10.2. The van der Waals surface area contributed by atoms with E-state index in [0.29, 0.717) is 16.9 Å². The van der Waals surface area contributed by atoms with Gasteiger partial charge in [0.05, 0.1) is 22.3 Å². The van der Waals surface area contributed by atoms with Crippen LogP contribution >= 0.6 is 11.8 Å². The van der Waals surface area contributed by atoms with Crippen LogP contribution in [0.3, 0.4) is 0 Å². The second-order valence-corrected chi connectivity index (χ2v) is 8.23. The summed E-state index contributed by atoms with van der Waals surface area (Å²) in [5.41, 5.74) is 4.25. The van der Waals surface area contributed by atoms with Crippen LogP contribution in [0.2, 0.25) is 0 Å². The van der Waals surface area contributed by atoms with E-state index in [1.165, 1.54) is 11.1 Å². The molecule has 0 aliphatic rings. The van der Waals surface area contributed by atoms with Gasteiger partial charge in [0.1, 0.15) is 5.82 Å². The zero-order chi connectivity index (χ0) is 20.8. The molecule has 150 valence electrons. The molecule has 5 rings (SSSR count). The first-order valence-corrected chi connectivity index (χ1v) is 10.6. The molecule has 0 radical (unpaired) electrons. The van der Waals surface area contributed by atoms with Crippen LogP contribution in [0.4, 0.5) is 0 Å². The molecule has 0 saturated carbocycles. The lowest BCUT2D eigenvalue weighted by atomic mass is 10.1. The van der Waals surface area contributed by atoms with Crippen LogP contribution in [-0.4, -0.2) is 28.7 Å². The highest BCUT2D eigenvalue weighted by Crippen LogP contribution is 2.26. The number of hydrogen-bond donors (Lipinski definition) is 0. The Bertz CT molecular complexity index is 1460. The van der Waals surface area contributed by atoms with Crippen molar-refractivity contribution >= 4 is 28.4 Å². The maximum Gasteiger partial charge on any atom is 0.262 e. The first-order valence-electron chi connectivity index (χ1n) is 9.60. The Morgan fingerprint density at radius 2 is 1.90 bits per heavy atom. The average molecular weight is 417 g/mol. The van der Waals surface area contributed by atoms with Crippen molar-refractivity contribution in [3.63, 3.8) is 0 Å². The van der Waals surface area contributed by atoms with Crippen molar-refractivity contribution < 1.29 is 0 Å². The summed E-state index contributed by atoms with van der Waals surface area (Å²) >= 11 is 1.60. The minimum atomic E-state index is -0.0739. The lowest BCUT2D eigenvalue weighted by molar-refractivity contribution is 0.857. The van der Waals surface area contributed by atoms with Crippen LogP contribution in [0.25, 0.3) is 22.4 Å². The summed E-state index contributed by atoms with van der Waals surface area (Å²) in [6.07, 6.45) is 3.79. The lowest BCUT2D eigenvalue weighted by Gasteiger charge is -2.11. The summed E-state index contributed by atoms with van der Waals surface area (Å²) in [6.45, 7) is 4.19. The van der Waals surface area contributed by atoms with Gasteiger partial charge in [-0.3, -0.25) is 18.3 Å². The smallest absolute Gasteiger partial charge is 0.262 e. The highest BCUT2D eigenvalue weighted by atomic mass is 32.2. The fourth-order valence-electron chi connectivity index (χ4n) is 3.67. The quantitative estimate of drug-likeness (QED) is 0.418. The molecule has 0 unspecified atom stereocenters. The Morgan fingerprint density at radius 1 is 1.07 bits per heavy atom. The Kier molecular flexibility index (Phi) is 4.43. The molecule has 0 fully saturated rings. The topological polar surface area (TPSA) is 70.0 Å². The normalized spacial score (nSPS) is 11.6. The van der Waals surface area contributed by atoms with Gasteiger partial charge in [-0.2, -0.15) is 0 Å². The van der Waals surface area contributed by atoms with E-state index in [2.05, 4.69) is 51.8 Å². The summed E-state index contributed by atoms with van der Waals surface area (Å²) < 4.78 is 5.60. The third kappa shape index (κ3) is 2.91. The van der Waals surface area contributed by atoms with Crippen molar-refractivity contribution in [2.45, 2.75) is 24.8 Å². The molecule has 0 atom stereocenters. The van der Waals surface area contributed by atoms with E-state index < -0.39 is 0 Å². The van der Waals surface area contributed by atoms with Crippen LogP contribution in [0.1, 0.15) is 17.0 Å². The molecule has 0 saturated heterocycles. The molecule has 0 aliphatic heterocycles. The van der Waals surface area contributed by atoms with Gasteiger partial charge in [-0.15, -0.1) is 10.2 Å². The SMILES string of the molecule is Cc1ccc(C)c(-n2ccnc2SCc2nnc3n(C)c(=O)c4ccccc4n23)c1. The second kappa shape index (κ2) is 7.14. The predicted octanol–water partition coefficient (Wildman–Crippen LogP) is 3.68. The summed E-state index contributed by atoms with van der Waals surface area (Å²) in [4.78, 5) is 17.2. The summed E-state index contributed by atoms with van der Waals surface area (Å²) in [5.74, 6) is 1.88. The summed E-state index contributed by atoms with van der Waals surface area (Å²) in [7, 11) is 1.73. The standard InChI is InChI=1S/C22H20N6OS/c1-14-8-9-15(2)18(12-14)27-11-10-23-22(27)30-13-19-24-25-21-26(3)20(29)16-6-4-5-7-17(16)28(19)21/h4-12H,13H2,1-3H3. The Balaban J connectivity index is 1.56. The van der Waals surface area contributed by atoms with Crippen LogP contribution in [0.5, 0.6) is 0 Å². The van der Waals surface area contributed by atoms with Crippen molar-refractivity contribution in [2.75, 3.05) is 0 Å². The number of rotatable bonds is 4. The van der Waals surface area contributed by atoms with Gasteiger partial charge in [0.2, 0.25) is 5.78 Å². The highest BCUT2D eigenvalue weighted by Gasteiger charge is 2.16. The van der Waals surface area contributed by atoms with Gasteiger partial charge in [-0.25, -0.2) is 4.98 Å². The van der Waals surface area contributed by atoms with Gasteiger partial charge in [-0.05, 0) is 43.2 Å². The molecule has 7 nitrogen and oxygen atoms in total. The number of thioether (sulfide) groups is 1. The van der Waals surface area contributed by atoms with Crippen molar-refractivity contribution in [1.82, 2.24) is 28.7 Å². The van der Waals surface area contributed by atoms with E-state index in [9.17, 15) is 4.79 Å². The van der Waals surface area contributed by atoms with E-state index in [4.69, 9.17) is 0 Å². The van der Waals surface area contributed by atoms with Gasteiger partial charge in [0.15, 0.2) is 5.16 Å². The molecule has 8 heteroatoms. The first kappa shape index (κ1) is 18.6. The number of imidazole rings is 1. The van der Waals surface area contributed by atoms with E-state index in [0.717, 1.165) is 22.2 Å². The van der Waals surface area contributed by atoms with Crippen LogP contribution in [0.15, 0.2) is 64.8 Å². The maximum atomic E-state index is 12.6. The molecule has 0 aliphatic carbocycles. The monoisotopic (exact) mass is 416 g/mol. The fourth-order valence-corrected chi connectivity index (χ4v) is 4.55. The van der Waals surface area contributed by atoms with Crippen molar-refractivity contribution in [3.05, 3.63) is 82.2 Å². The number of aryl methyl sites for hydroxylation is 3. The number of nitrogens with zero attached hydrogens (tertiary/aromatic N) is 6. The van der Waals surface area contributed by atoms with Crippen molar-refractivity contribution in [1.29, 1.82) is 0 Å². The van der Waals surface area contributed by atoms with E-state index in [1.807, 2.05) is 41.1 Å². The summed E-state index contributed by atoms with van der Waals surface area (Å²) in [6, 6.07) is 14.0. The molecule has 0 N–H and O–H groups in total. The molecule has 0 amide bonds. The van der Waals surface area contributed by atoms with Crippen LogP contribution in [0, 0.1) is 13.8 Å². The number of para-hydroxylation sites is 1. The fraction of sp³-hybridized carbons (Fsp3) is 0.182. The number of fused-ring (bicyclic) bond motifs is 3. The van der Waals surface area contributed by atoms with Crippen molar-refractivity contribution in [2.24, 2.45) is 7.05 Å². The highest BCUT2D eigenvalue weighted by molar-refractivity contribution is 7.98. The zero-order valence-electron chi connectivity index (χ0n) is 16.9. The van der Waals surface area contributed by atoms with Gasteiger partial charge >= 0.3 is 0 Å². The molecule has 3 aromatic heterocycles. The maximum absolute atomic E-state index is 12.6. The molecule has 3 heterocycles. The average Bonchev–Trinajstić information content (AvgIpc) is 3.39. The minimum Gasteiger partial charge on any atom is -0.295 e. The third-order valence-corrected chi connectivity index (χ3v) is 6.22. The third-order valence-electron chi connectivity index (χ3n) is 5.25. The van der Waals surface area contributed by atoms with Gasteiger partial charge < -0.3 is 0 Å². The van der Waals surface area contributed by atoms with E-state index >= 15 is 0 Å². The molecule has 0 bridgehead atoms. The Hall–Kier alpha value is -3.39. The number of benzene rings is 2. The molecule has 2 aromatic carbocycles. The van der Waals surface area contributed by atoms with Gasteiger partial charge in [0.25, 0.3) is 5.56 Å².